The molecule has 0 radical (unpaired) electrons. The molecule has 8 nitrogen and oxygen atoms in total. The van der Waals surface area contributed by atoms with Gasteiger partial charge in [0.25, 0.3) is 0 Å². The van der Waals surface area contributed by atoms with Gasteiger partial charge in [-0.2, -0.15) is 4.98 Å². The molecular formula is C19H25N7O. The van der Waals surface area contributed by atoms with Gasteiger partial charge in [0.05, 0.1) is 6.54 Å². The van der Waals surface area contributed by atoms with Crippen LogP contribution in [0.4, 0.5) is 27.9 Å². The standard InChI is InChI=1S/C19H25N7O/c1-23-8-10-26(11-9-23)16-6-4-15(5-7-16)21-18-20-12-14-13-24(2)19(27)25(3)17(14)22-18/h4-7,12H,8-11,13H2,1-3H3,(H,20,21,22). The van der Waals surface area contributed by atoms with Gasteiger partial charge in [0.1, 0.15) is 5.82 Å². The maximum Gasteiger partial charge on any atom is 0.325 e. The molecule has 4 rings (SSSR count). The molecule has 8 heteroatoms. The Morgan fingerprint density at radius 1 is 1.00 bits per heavy atom. The topological polar surface area (TPSA) is 67.8 Å². The smallest absolute Gasteiger partial charge is 0.325 e. The first kappa shape index (κ1) is 17.5. The van der Waals surface area contributed by atoms with Gasteiger partial charge in [-0.05, 0) is 31.3 Å². The van der Waals surface area contributed by atoms with Crippen molar-refractivity contribution in [1.29, 1.82) is 0 Å². The second-order valence-electron chi connectivity index (χ2n) is 7.20. The molecule has 27 heavy (non-hydrogen) atoms. The highest BCUT2D eigenvalue weighted by Gasteiger charge is 2.27. The van der Waals surface area contributed by atoms with Gasteiger partial charge in [-0.3, -0.25) is 4.90 Å². The number of benzene rings is 1. The van der Waals surface area contributed by atoms with E-state index < -0.39 is 0 Å². The van der Waals surface area contributed by atoms with E-state index in [2.05, 4.69) is 44.3 Å². The number of fused-ring (bicyclic) bond motifs is 1. The highest BCUT2D eigenvalue weighted by atomic mass is 16.2. The van der Waals surface area contributed by atoms with Crippen molar-refractivity contribution in [2.45, 2.75) is 6.54 Å². The van der Waals surface area contributed by atoms with Crippen molar-refractivity contribution in [2.24, 2.45) is 0 Å². The summed E-state index contributed by atoms with van der Waals surface area (Å²) in [6, 6.07) is 8.26. The molecule has 1 aromatic heterocycles. The minimum Gasteiger partial charge on any atom is -0.369 e. The molecule has 1 aromatic carbocycles. The summed E-state index contributed by atoms with van der Waals surface area (Å²) in [5.41, 5.74) is 3.10. The molecule has 1 fully saturated rings. The van der Waals surface area contributed by atoms with Crippen molar-refractivity contribution >= 4 is 29.2 Å². The number of anilines is 4. The Morgan fingerprint density at radius 3 is 2.41 bits per heavy atom. The first-order valence-corrected chi connectivity index (χ1v) is 9.16. The van der Waals surface area contributed by atoms with Crippen LogP contribution in [0, 0.1) is 0 Å². The number of aromatic nitrogens is 2. The van der Waals surface area contributed by atoms with Gasteiger partial charge < -0.3 is 20.0 Å². The fraction of sp³-hybridized carbons (Fsp3) is 0.421. The lowest BCUT2D eigenvalue weighted by Crippen LogP contribution is -2.44. The van der Waals surface area contributed by atoms with Crippen LogP contribution in [0.3, 0.4) is 0 Å². The van der Waals surface area contributed by atoms with Crippen molar-refractivity contribution in [3.8, 4) is 0 Å². The van der Waals surface area contributed by atoms with E-state index in [-0.39, 0.29) is 6.03 Å². The highest BCUT2D eigenvalue weighted by Crippen LogP contribution is 2.26. The first-order chi connectivity index (χ1) is 13.0. The molecular weight excluding hydrogens is 342 g/mol. The van der Waals surface area contributed by atoms with E-state index in [0.717, 1.165) is 37.4 Å². The number of hydrogen-bond acceptors (Lipinski definition) is 6. The molecule has 2 aliphatic rings. The predicted molar refractivity (Wildman–Crippen MR) is 107 cm³/mol. The molecule has 0 spiro atoms. The summed E-state index contributed by atoms with van der Waals surface area (Å²) in [6.07, 6.45) is 1.78. The number of nitrogens with one attached hydrogen (secondary N) is 1. The van der Waals surface area contributed by atoms with Crippen LogP contribution in [0.15, 0.2) is 30.5 Å². The Labute approximate surface area is 159 Å². The largest absolute Gasteiger partial charge is 0.369 e. The van der Waals surface area contributed by atoms with Crippen molar-refractivity contribution in [1.82, 2.24) is 19.8 Å². The average Bonchev–Trinajstić information content (AvgIpc) is 2.68. The quantitative estimate of drug-likeness (QED) is 0.895. The first-order valence-electron chi connectivity index (χ1n) is 9.16. The van der Waals surface area contributed by atoms with E-state index in [9.17, 15) is 4.79 Å². The predicted octanol–water partition coefficient (Wildman–Crippen LogP) is 1.97. The number of likely N-dealkylation sites (N-methyl/N-ethyl adjacent to an activating group) is 1. The van der Waals surface area contributed by atoms with Gasteiger partial charge in [-0.15, -0.1) is 0 Å². The minimum absolute atomic E-state index is 0.0660. The minimum atomic E-state index is -0.0660. The number of nitrogens with zero attached hydrogens (tertiary/aromatic N) is 6. The van der Waals surface area contributed by atoms with Crippen LogP contribution in [0.25, 0.3) is 0 Å². The van der Waals surface area contributed by atoms with E-state index in [1.807, 2.05) is 12.1 Å². The summed E-state index contributed by atoms with van der Waals surface area (Å²) < 4.78 is 0. The second-order valence-corrected chi connectivity index (χ2v) is 7.20. The van der Waals surface area contributed by atoms with Crippen LogP contribution < -0.4 is 15.1 Å². The number of rotatable bonds is 3. The Bertz CT molecular complexity index is 830. The van der Waals surface area contributed by atoms with Crippen molar-refractivity contribution in [2.75, 3.05) is 62.4 Å². The van der Waals surface area contributed by atoms with Crippen LogP contribution >= 0.6 is 0 Å². The summed E-state index contributed by atoms with van der Waals surface area (Å²) in [7, 11) is 5.67. The summed E-state index contributed by atoms with van der Waals surface area (Å²) in [6.45, 7) is 4.80. The number of urea groups is 1. The van der Waals surface area contributed by atoms with Crippen LogP contribution in [-0.2, 0) is 6.54 Å². The maximum absolute atomic E-state index is 12.1. The zero-order valence-corrected chi connectivity index (χ0v) is 16.0. The molecule has 1 saturated heterocycles. The van der Waals surface area contributed by atoms with Crippen LogP contribution in [0.2, 0.25) is 0 Å². The zero-order chi connectivity index (χ0) is 19.0. The van der Waals surface area contributed by atoms with E-state index in [1.54, 1.807) is 30.1 Å². The average molecular weight is 367 g/mol. The van der Waals surface area contributed by atoms with Crippen molar-refractivity contribution in [3.63, 3.8) is 0 Å². The summed E-state index contributed by atoms with van der Waals surface area (Å²) >= 11 is 0. The maximum atomic E-state index is 12.1. The number of carbonyl (C=O) groups is 1. The molecule has 0 atom stereocenters. The van der Waals surface area contributed by atoms with Gasteiger partial charge in [0.2, 0.25) is 5.95 Å². The molecule has 0 bridgehead atoms. The van der Waals surface area contributed by atoms with Crippen LogP contribution in [0.5, 0.6) is 0 Å². The molecule has 2 amide bonds. The number of piperazine rings is 1. The Kier molecular flexibility index (Phi) is 4.57. The third-order valence-electron chi connectivity index (χ3n) is 5.17. The highest BCUT2D eigenvalue weighted by molar-refractivity contribution is 5.93. The monoisotopic (exact) mass is 367 g/mol. The van der Waals surface area contributed by atoms with Gasteiger partial charge in [0, 0.05) is 63.4 Å². The van der Waals surface area contributed by atoms with Gasteiger partial charge in [-0.25, -0.2) is 9.78 Å². The Balaban J connectivity index is 1.47. The summed E-state index contributed by atoms with van der Waals surface area (Å²) in [5.74, 6) is 1.15. The van der Waals surface area contributed by atoms with Crippen LogP contribution in [0.1, 0.15) is 5.56 Å². The molecule has 142 valence electrons. The third-order valence-corrected chi connectivity index (χ3v) is 5.17. The molecule has 0 aliphatic carbocycles. The van der Waals surface area contributed by atoms with E-state index in [1.165, 1.54) is 5.69 Å². The molecule has 0 saturated carbocycles. The molecule has 3 heterocycles. The van der Waals surface area contributed by atoms with Crippen LogP contribution in [-0.4, -0.2) is 73.1 Å². The Hall–Kier alpha value is -2.87. The molecule has 1 N–H and O–H groups in total. The van der Waals surface area contributed by atoms with E-state index >= 15 is 0 Å². The normalized spacial score (nSPS) is 17.9. The third kappa shape index (κ3) is 3.52. The molecule has 0 unspecified atom stereocenters. The Morgan fingerprint density at radius 2 is 1.70 bits per heavy atom. The van der Waals surface area contributed by atoms with Crippen molar-refractivity contribution < 1.29 is 4.79 Å². The van der Waals surface area contributed by atoms with Gasteiger partial charge in [-0.1, -0.05) is 0 Å². The van der Waals surface area contributed by atoms with Crippen molar-refractivity contribution in [3.05, 3.63) is 36.0 Å². The lowest BCUT2D eigenvalue weighted by molar-refractivity contribution is 0.211. The second kappa shape index (κ2) is 7.03. The lowest BCUT2D eigenvalue weighted by Gasteiger charge is -2.34. The van der Waals surface area contributed by atoms with E-state index in [4.69, 9.17) is 0 Å². The summed E-state index contributed by atoms with van der Waals surface area (Å²) in [4.78, 5) is 29.0. The zero-order valence-electron chi connectivity index (χ0n) is 16.0. The number of carbonyl (C=O) groups excluding carboxylic acids is 1. The summed E-state index contributed by atoms with van der Waals surface area (Å²) in [5, 5.41) is 3.24. The fourth-order valence-electron chi connectivity index (χ4n) is 3.48. The molecule has 2 aliphatic heterocycles. The fourth-order valence-corrected chi connectivity index (χ4v) is 3.48. The van der Waals surface area contributed by atoms with E-state index in [0.29, 0.717) is 18.3 Å². The van der Waals surface area contributed by atoms with Gasteiger partial charge in [0.15, 0.2) is 0 Å². The number of amides is 2. The molecule has 2 aromatic rings. The van der Waals surface area contributed by atoms with Gasteiger partial charge >= 0.3 is 6.03 Å². The number of hydrogen-bond donors (Lipinski definition) is 1. The lowest BCUT2D eigenvalue weighted by atomic mass is 10.2. The SMILES string of the molecule is CN1CCN(c2ccc(Nc3ncc4c(n3)N(C)C(=O)N(C)C4)cc2)CC1.